The lowest BCUT2D eigenvalue weighted by Crippen LogP contribution is -3.11. The molecular weight excluding hydrogens is 370 g/mol. The number of benzene rings is 2. The summed E-state index contributed by atoms with van der Waals surface area (Å²) >= 11 is 0. The number of hydrogen-bond acceptors (Lipinski definition) is 4. The summed E-state index contributed by atoms with van der Waals surface area (Å²) in [5, 5.41) is 5.81. The van der Waals surface area contributed by atoms with Crippen LogP contribution in [0.2, 0.25) is 0 Å². The molecule has 0 saturated carbocycles. The van der Waals surface area contributed by atoms with Gasteiger partial charge in [0.1, 0.15) is 12.7 Å². The maximum absolute atomic E-state index is 12.3. The number of ether oxygens (including phenoxy) is 2. The van der Waals surface area contributed by atoms with Gasteiger partial charge in [-0.25, -0.2) is 0 Å². The molecule has 1 aliphatic rings. The van der Waals surface area contributed by atoms with E-state index >= 15 is 0 Å². The van der Waals surface area contributed by atoms with E-state index in [9.17, 15) is 9.59 Å². The van der Waals surface area contributed by atoms with Crippen LogP contribution in [-0.2, 0) is 9.59 Å². The summed E-state index contributed by atoms with van der Waals surface area (Å²) in [6, 6.07) is 13.3. The van der Waals surface area contributed by atoms with Gasteiger partial charge in [-0.05, 0) is 37.1 Å². The predicted octanol–water partition coefficient (Wildman–Crippen LogP) is 0.713. The van der Waals surface area contributed by atoms with Crippen LogP contribution < -0.4 is 25.0 Å². The number of quaternary nitrogens is 1. The number of anilines is 1. The number of hydrogen-bond donors (Lipinski definition) is 3. The van der Waals surface area contributed by atoms with Crippen LogP contribution >= 0.6 is 0 Å². The highest BCUT2D eigenvalue weighted by atomic mass is 16.6. The fraction of sp³-hybridized carbons (Fsp3) is 0.364. The summed E-state index contributed by atoms with van der Waals surface area (Å²) in [6.45, 7) is 5.07. The van der Waals surface area contributed by atoms with Gasteiger partial charge in [0.2, 0.25) is 0 Å². The third-order valence-corrected chi connectivity index (χ3v) is 4.76. The summed E-state index contributed by atoms with van der Waals surface area (Å²) < 4.78 is 11.5. The number of carbonyl (C=O) groups excluding carboxylic acids is 2. The van der Waals surface area contributed by atoms with Crippen LogP contribution in [0, 0.1) is 13.8 Å². The molecule has 1 heterocycles. The number of fused-ring (bicyclic) bond motifs is 1. The molecule has 2 atom stereocenters. The van der Waals surface area contributed by atoms with E-state index in [1.807, 2.05) is 63.4 Å². The highest BCUT2D eigenvalue weighted by Gasteiger charge is 2.22. The van der Waals surface area contributed by atoms with Crippen molar-refractivity contribution in [3.63, 3.8) is 0 Å². The Morgan fingerprint density at radius 3 is 2.38 bits per heavy atom. The van der Waals surface area contributed by atoms with Gasteiger partial charge in [-0.2, -0.15) is 0 Å². The minimum Gasteiger partial charge on any atom is -0.486 e. The smallest absolute Gasteiger partial charge is 0.279 e. The number of para-hydroxylation sites is 3. The van der Waals surface area contributed by atoms with E-state index in [0.717, 1.165) is 21.7 Å². The van der Waals surface area contributed by atoms with Crippen LogP contribution in [0.4, 0.5) is 5.69 Å². The average Bonchev–Trinajstić information content (AvgIpc) is 2.69. The zero-order chi connectivity index (χ0) is 20.8. The SMILES string of the molecule is Cc1cccc(C)c1NC(=O)C[NH+](C)CC(=O)NC[C@@H]1COc2ccccc2O1. The first-order valence-electron chi connectivity index (χ1n) is 9.75. The minimum atomic E-state index is -0.235. The standard InChI is InChI=1S/C22H27N3O4/c1-15-7-6-8-16(2)22(15)24-21(27)13-25(3)12-20(26)23-11-17-14-28-18-9-4-5-10-19(18)29-17/h4-10,17H,11-14H2,1-3H3,(H,23,26)(H,24,27)/p+1/t17-/m1/s1. The molecule has 1 aliphatic heterocycles. The molecule has 3 rings (SSSR count). The lowest BCUT2D eigenvalue weighted by Gasteiger charge is -2.26. The third kappa shape index (κ3) is 5.71. The van der Waals surface area contributed by atoms with Crippen molar-refractivity contribution in [2.24, 2.45) is 0 Å². The molecule has 0 radical (unpaired) electrons. The molecule has 154 valence electrons. The highest BCUT2D eigenvalue weighted by molar-refractivity contribution is 5.93. The first kappa shape index (κ1) is 20.7. The number of amides is 2. The Bertz CT molecular complexity index is 864. The van der Waals surface area contributed by atoms with Crippen LogP contribution in [0.25, 0.3) is 0 Å². The van der Waals surface area contributed by atoms with Crippen molar-refractivity contribution in [3.05, 3.63) is 53.6 Å². The van der Waals surface area contributed by atoms with Gasteiger partial charge in [0.05, 0.1) is 13.6 Å². The fourth-order valence-corrected chi connectivity index (χ4v) is 3.26. The zero-order valence-electron chi connectivity index (χ0n) is 17.1. The monoisotopic (exact) mass is 398 g/mol. The molecule has 1 unspecified atom stereocenters. The Morgan fingerprint density at radius 2 is 1.66 bits per heavy atom. The molecule has 0 saturated heterocycles. The van der Waals surface area contributed by atoms with Gasteiger partial charge >= 0.3 is 0 Å². The molecular formula is C22H28N3O4+. The molecule has 7 heteroatoms. The van der Waals surface area contributed by atoms with Crippen LogP contribution in [-0.4, -0.2) is 51.2 Å². The molecule has 2 aromatic rings. The van der Waals surface area contributed by atoms with E-state index in [-0.39, 0.29) is 31.0 Å². The largest absolute Gasteiger partial charge is 0.486 e. The van der Waals surface area contributed by atoms with Gasteiger partial charge in [-0.3, -0.25) is 9.59 Å². The van der Waals surface area contributed by atoms with Crippen LogP contribution in [0.1, 0.15) is 11.1 Å². The Morgan fingerprint density at radius 1 is 1.00 bits per heavy atom. The summed E-state index contributed by atoms with van der Waals surface area (Å²) in [7, 11) is 1.82. The average molecular weight is 398 g/mol. The maximum Gasteiger partial charge on any atom is 0.279 e. The number of nitrogens with one attached hydrogen (secondary N) is 3. The number of carbonyl (C=O) groups is 2. The predicted molar refractivity (Wildman–Crippen MR) is 111 cm³/mol. The van der Waals surface area contributed by atoms with Crippen molar-refractivity contribution in [2.45, 2.75) is 20.0 Å². The van der Waals surface area contributed by atoms with Crippen molar-refractivity contribution in [1.29, 1.82) is 0 Å². The van der Waals surface area contributed by atoms with E-state index in [1.54, 1.807) is 0 Å². The first-order valence-corrected chi connectivity index (χ1v) is 9.75. The summed E-state index contributed by atoms with van der Waals surface area (Å²) in [6.07, 6.45) is -0.235. The van der Waals surface area contributed by atoms with Crippen LogP contribution in [0.5, 0.6) is 11.5 Å². The third-order valence-electron chi connectivity index (χ3n) is 4.76. The molecule has 3 N–H and O–H groups in total. The zero-order valence-corrected chi connectivity index (χ0v) is 17.1. The molecule has 0 aliphatic carbocycles. The molecule has 2 aromatic carbocycles. The summed E-state index contributed by atoms with van der Waals surface area (Å²) in [5.74, 6) is 1.15. The quantitative estimate of drug-likeness (QED) is 0.642. The van der Waals surface area contributed by atoms with Gasteiger partial charge in [-0.1, -0.05) is 30.3 Å². The molecule has 7 nitrogen and oxygen atoms in total. The maximum atomic E-state index is 12.3. The first-order chi connectivity index (χ1) is 13.9. The Labute approximate surface area is 171 Å². The van der Waals surface area contributed by atoms with E-state index in [4.69, 9.17) is 9.47 Å². The second-order valence-electron chi connectivity index (χ2n) is 7.43. The van der Waals surface area contributed by atoms with Gasteiger partial charge in [0.25, 0.3) is 11.8 Å². The molecule has 0 fully saturated rings. The van der Waals surface area contributed by atoms with Gasteiger partial charge in [0.15, 0.2) is 24.6 Å². The Hall–Kier alpha value is -3.06. The second-order valence-corrected chi connectivity index (χ2v) is 7.43. The van der Waals surface area contributed by atoms with Gasteiger partial charge in [-0.15, -0.1) is 0 Å². The minimum absolute atomic E-state index is 0.117. The Kier molecular flexibility index (Phi) is 6.72. The molecule has 29 heavy (non-hydrogen) atoms. The van der Waals surface area contributed by atoms with Gasteiger partial charge in [0, 0.05) is 5.69 Å². The molecule has 0 aromatic heterocycles. The van der Waals surface area contributed by atoms with Crippen molar-refractivity contribution >= 4 is 17.5 Å². The fourth-order valence-electron chi connectivity index (χ4n) is 3.26. The lowest BCUT2D eigenvalue weighted by atomic mass is 10.1. The molecule has 0 bridgehead atoms. The van der Waals surface area contributed by atoms with E-state index in [2.05, 4.69) is 10.6 Å². The number of rotatable bonds is 7. The molecule has 0 spiro atoms. The summed E-state index contributed by atoms with van der Waals surface area (Å²) in [5.41, 5.74) is 2.87. The number of likely N-dealkylation sites (N-methyl/N-ethyl adjacent to an activating group) is 1. The van der Waals surface area contributed by atoms with Crippen molar-refractivity contribution in [1.82, 2.24) is 5.32 Å². The van der Waals surface area contributed by atoms with Crippen molar-refractivity contribution < 1.29 is 24.0 Å². The topological polar surface area (TPSA) is 81.1 Å². The van der Waals surface area contributed by atoms with E-state index in [0.29, 0.717) is 24.7 Å². The normalized spacial score (nSPS) is 16.0. The van der Waals surface area contributed by atoms with E-state index in [1.165, 1.54) is 0 Å². The Balaban J connectivity index is 1.41. The molecule has 2 amide bonds. The second kappa shape index (κ2) is 9.43. The van der Waals surface area contributed by atoms with Gasteiger partial charge < -0.3 is 25.0 Å². The van der Waals surface area contributed by atoms with Crippen LogP contribution in [0.15, 0.2) is 42.5 Å². The highest BCUT2D eigenvalue weighted by Crippen LogP contribution is 2.30. The van der Waals surface area contributed by atoms with Crippen molar-refractivity contribution in [3.8, 4) is 11.5 Å². The number of aryl methyl sites for hydroxylation is 2. The lowest BCUT2D eigenvalue weighted by molar-refractivity contribution is -0.862. The van der Waals surface area contributed by atoms with Crippen molar-refractivity contribution in [2.75, 3.05) is 38.6 Å². The van der Waals surface area contributed by atoms with Crippen LogP contribution in [0.3, 0.4) is 0 Å². The summed E-state index contributed by atoms with van der Waals surface area (Å²) in [4.78, 5) is 25.4. The van der Waals surface area contributed by atoms with E-state index < -0.39 is 0 Å².